The number of amides is 1. The van der Waals surface area contributed by atoms with E-state index < -0.39 is 11.6 Å². The van der Waals surface area contributed by atoms with Gasteiger partial charge in [0.25, 0.3) is 11.8 Å². The number of carbonyl (C=O) groups is 2. The number of Topliss-reactive ketones (excluding diaryl/α,β-unsaturated/α-hetero) is 1. The summed E-state index contributed by atoms with van der Waals surface area (Å²) in [5.74, 6) is -2.94. The molecule has 2 aromatic carbocycles. The van der Waals surface area contributed by atoms with Crippen LogP contribution < -0.4 is 10.2 Å². The number of fused-ring (bicyclic) bond motifs is 4. The molecule has 20 heavy (non-hydrogen) atoms. The van der Waals surface area contributed by atoms with E-state index in [1.807, 2.05) is 0 Å². The standard InChI is InChI=1S/C15H10N2O3/c18-13-10-6-2-4-8-12(10)17-14(19)9-5-1-3-7-11(9)16-15(13,17)20/h1-8,16,20H. The third-order valence-electron chi connectivity index (χ3n) is 3.70. The summed E-state index contributed by atoms with van der Waals surface area (Å²) in [5.41, 5.74) is 1.65. The lowest BCUT2D eigenvalue weighted by molar-refractivity contribution is 0.0431. The maximum absolute atomic E-state index is 12.6. The third-order valence-corrected chi connectivity index (χ3v) is 3.70. The molecule has 4 rings (SSSR count). The number of hydrogen-bond acceptors (Lipinski definition) is 4. The highest BCUT2D eigenvalue weighted by molar-refractivity contribution is 6.26. The predicted octanol–water partition coefficient (Wildman–Crippen LogP) is 1.60. The average molecular weight is 266 g/mol. The van der Waals surface area contributed by atoms with Gasteiger partial charge in [0, 0.05) is 5.56 Å². The highest BCUT2D eigenvalue weighted by atomic mass is 16.4. The van der Waals surface area contributed by atoms with Crippen molar-refractivity contribution in [1.29, 1.82) is 0 Å². The van der Waals surface area contributed by atoms with E-state index in [-0.39, 0.29) is 5.91 Å². The molecule has 0 fully saturated rings. The van der Waals surface area contributed by atoms with Crippen LogP contribution in [0.1, 0.15) is 20.7 Å². The van der Waals surface area contributed by atoms with Crippen molar-refractivity contribution in [2.24, 2.45) is 0 Å². The number of carbonyl (C=O) groups excluding carboxylic acids is 2. The minimum atomic E-state index is -2.03. The molecule has 2 aliphatic heterocycles. The van der Waals surface area contributed by atoms with Gasteiger partial charge in [-0.05, 0) is 24.3 Å². The van der Waals surface area contributed by atoms with Crippen LogP contribution in [0, 0.1) is 0 Å². The van der Waals surface area contributed by atoms with Gasteiger partial charge in [0.15, 0.2) is 0 Å². The molecular formula is C15H10N2O3. The third kappa shape index (κ3) is 1.15. The first-order valence-electron chi connectivity index (χ1n) is 6.21. The first-order chi connectivity index (χ1) is 9.63. The van der Waals surface area contributed by atoms with Gasteiger partial charge in [0.2, 0.25) is 5.78 Å². The molecule has 0 spiro atoms. The summed E-state index contributed by atoms with van der Waals surface area (Å²) in [5, 5.41) is 13.4. The van der Waals surface area contributed by atoms with E-state index in [4.69, 9.17) is 0 Å². The van der Waals surface area contributed by atoms with Gasteiger partial charge in [0.1, 0.15) is 0 Å². The number of nitrogens with zero attached hydrogens (tertiary/aromatic N) is 1. The summed E-state index contributed by atoms with van der Waals surface area (Å²) in [4.78, 5) is 26.1. The highest BCUT2D eigenvalue weighted by Crippen LogP contribution is 2.42. The molecule has 2 heterocycles. The number of anilines is 2. The van der Waals surface area contributed by atoms with Gasteiger partial charge >= 0.3 is 0 Å². The topological polar surface area (TPSA) is 69.6 Å². The van der Waals surface area contributed by atoms with Crippen molar-refractivity contribution in [3.8, 4) is 0 Å². The highest BCUT2D eigenvalue weighted by Gasteiger charge is 2.56. The Balaban J connectivity index is 2.00. The molecule has 0 bridgehead atoms. The second-order valence-electron chi connectivity index (χ2n) is 4.83. The van der Waals surface area contributed by atoms with E-state index in [1.165, 1.54) is 0 Å². The van der Waals surface area contributed by atoms with E-state index in [2.05, 4.69) is 5.32 Å². The van der Waals surface area contributed by atoms with Gasteiger partial charge in [-0.15, -0.1) is 0 Å². The molecule has 2 aliphatic rings. The number of benzene rings is 2. The molecule has 2 aromatic rings. The summed E-state index contributed by atoms with van der Waals surface area (Å²) >= 11 is 0. The lowest BCUT2D eigenvalue weighted by Crippen LogP contribution is -2.61. The van der Waals surface area contributed by atoms with Gasteiger partial charge in [-0.2, -0.15) is 0 Å². The molecule has 1 amide bonds. The Hall–Kier alpha value is -2.66. The number of ketones is 1. The van der Waals surface area contributed by atoms with E-state index >= 15 is 0 Å². The van der Waals surface area contributed by atoms with Crippen molar-refractivity contribution in [1.82, 2.24) is 0 Å². The van der Waals surface area contributed by atoms with Crippen LogP contribution in [0.2, 0.25) is 0 Å². The lowest BCUT2D eigenvalue weighted by Gasteiger charge is -2.38. The van der Waals surface area contributed by atoms with E-state index in [0.717, 1.165) is 4.90 Å². The van der Waals surface area contributed by atoms with Crippen molar-refractivity contribution < 1.29 is 14.7 Å². The number of nitrogens with one attached hydrogen (secondary N) is 1. The van der Waals surface area contributed by atoms with Gasteiger partial charge in [-0.1, -0.05) is 24.3 Å². The molecule has 0 aliphatic carbocycles. The Labute approximate surface area is 114 Å². The van der Waals surface area contributed by atoms with Crippen LogP contribution in [-0.4, -0.2) is 22.6 Å². The van der Waals surface area contributed by atoms with E-state index in [0.29, 0.717) is 22.5 Å². The Morgan fingerprint density at radius 2 is 1.60 bits per heavy atom. The first kappa shape index (κ1) is 11.2. The molecule has 0 radical (unpaired) electrons. The smallest absolute Gasteiger partial charge is 0.290 e. The van der Waals surface area contributed by atoms with Crippen LogP contribution >= 0.6 is 0 Å². The number of rotatable bonds is 0. The summed E-state index contributed by atoms with van der Waals surface area (Å²) < 4.78 is 0. The molecule has 0 saturated heterocycles. The Morgan fingerprint density at radius 1 is 0.950 bits per heavy atom. The minimum Gasteiger partial charge on any atom is -0.347 e. The van der Waals surface area contributed by atoms with Gasteiger partial charge in [-0.3, -0.25) is 14.5 Å². The van der Waals surface area contributed by atoms with Crippen molar-refractivity contribution in [2.45, 2.75) is 5.85 Å². The quantitative estimate of drug-likeness (QED) is 0.760. The second-order valence-corrected chi connectivity index (χ2v) is 4.83. The zero-order valence-corrected chi connectivity index (χ0v) is 10.3. The molecule has 5 nitrogen and oxygen atoms in total. The SMILES string of the molecule is O=C1c2ccccc2NC2(O)C(=O)c3ccccc3N12. The molecule has 0 saturated carbocycles. The van der Waals surface area contributed by atoms with Crippen LogP contribution in [0.4, 0.5) is 11.4 Å². The van der Waals surface area contributed by atoms with Crippen LogP contribution in [0.5, 0.6) is 0 Å². The molecule has 5 heteroatoms. The molecule has 1 atom stereocenters. The summed E-state index contributed by atoms with van der Waals surface area (Å²) in [6.45, 7) is 0. The maximum atomic E-state index is 12.6. The van der Waals surface area contributed by atoms with Crippen LogP contribution in [0.3, 0.4) is 0 Å². The van der Waals surface area contributed by atoms with Gasteiger partial charge in [-0.25, -0.2) is 0 Å². The van der Waals surface area contributed by atoms with Crippen LogP contribution in [0.15, 0.2) is 48.5 Å². The van der Waals surface area contributed by atoms with Crippen molar-refractivity contribution in [3.05, 3.63) is 59.7 Å². The fourth-order valence-electron chi connectivity index (χ4n) is 2.78. The number of para-hydroxylation sites is 2. The van der Waals surface area contributed by atoms with Gasteiger partial charge in [0.05, 0.1) is 16.9 Å². The van der Waals surface area contributed by atoms with Crippen molar-refractivity contribution in [2.75, 3.05) is 10.2 Å². The fraction of sp³-hybridized carbons (Fsp3) is 0.0667. The molecule has 98 valence electrons. The zero-order chi connectivity index (χ0) is 13.9. The van der Waals surface area contributed by atoms with Crippen LogP contribution in [0.25, 0.3) is 0 Å². The maximum Gasteiger partial charge on any atom is 0.290 e. The number of hydrogen-bond donors (Lipinski definition) is 2. The minimum absolute atomic E-state index is 0.337. The zero-order valence-electron chi connectivity index (χ0n) is 10.3. The second kappa shape index (κ2) is 3.46. The average Bonchev–Trinajstić information content (AvgIpc) is 2.68. The Kier molecular flexibility index (Phi) is 1.94. The largest absolute Gasteiger partial charge is 0.347 e. The molecule has 0 aromatic heterocycles. The normalized spacial score (nSPS) is 22.9. The van der Waals surface area contributed by atoms with E-state index in [1.54, 1.807) is 48.5 Å². The Morgan fingerprint density at radius 3 is 2.40 bits per heavy atom. The molecular weight excluding hydrogens is 256 g/mol. The Bertz CT molecular complexity index is 771. The predicted molar refractivity (Wildman–Crippen MR) is 72.6 cm³/mol. The molecule has 2 N–H and O–H groups in total. The summed E-state index contributed by atoms with van der Waals surface area (Å²) in [6, 6.07) is 13.5. The van der Waals surface area contributed by atoms with Crippen molar-refractivity contribution in [3.63, 3.8) is 0 Å². The molecule has 1 unspecified atom stereocenters. The van der Waals surface area contributed by atoms with Crippen LogP contribution in [-0.2, 0) is 0 Å². The van der Waals surface area contributed by atoms with E-state index in [9.17, 15) is 14.7 Å². The fourth-order valence-corrected chi connectivity index (χ4v) is 2.78. The summed E-state index contributed by atoms with van der Waals surface area (Å²) in [6.07, 6.45) is 0. The first-order valence-corrected chi connectivity index (χ1v) is 6.21. The van der Waals surface area contributed by atoms with Crippen molar-refractivity contribution >= 4 is 23.1 Å². The lowest BCUT2D eigenvalue weighted by atomic mass is 10.1. The summed E-state index contributed by atoms with van der Waals surface area (Å²) in [7, 11) is 0. The number of aliphatic hydroxyl groups is 1. The van der Waals surface area contributed by atoms with Gasteiger partial charge < -0.3 is 10.4 Å². The monoisotopic (exact) mass is 266 g/mol.